The van der Waals surface area contributed by atoms with Gasteiger partial charge in [0.1, 0.15) is 16.9 Å². The van der Waals surface area contributed by atoms with E-state index < -0.39 is 6.03 Å². The van der Waals surface area contributed by atoms with E-state index in [1.807, 2.05) is 42.2 Å². The zero-order chi connectivity index (χ0) is 27.7. The number of benzene rings is 1. The van der Waals surface area contributed by atoms with E-state index in [4.69, 9.17) is 21.4 Å². The van der Waals surface area contributed by atoms with Crippen LogP contribution in [0.3, 0.4) is 0 Å². The van der Waals surface area contributed by atoms with Gasteiger partial charge in [0.25, 0.3) is 0 Å². The molecule has 10 heteroatoms. The molecule has 1 aliphatic heterocycles. The van der Waals surface area contributed by atoms with E-state index >= 15 is 0 Å². The van der Waals surface area contributed by atoms with Crippen molar-refractivity contribution in [1.82, 2.24) is 19.7 Å². The van der Waals surface area contributed by atoms with Gasteiger partial charge in [-0.25, -0.2) is 14.5 Å². The van der Waals surface area contributed by atoms with Crippen LogP contribution in [0, 0.1) is 12.8 Å². The molecule has 2 fully saturated rings. The summed E-state index contributed by atoms with van der Waals surface area (Å²) in [7, 11) is 0. The lowest BCUT2D eigenvalue weighted by Gasteiger charge is -2.32. The van der Waals surface area contributed by atoms with Crippen LogP contribution >= 0.6 is 11.6 Å². The Bertz CT molecular complexity index is 1350. The molecule has 1 aromatic carbocycles. The predicted octanol–water partition coefficient (Wildman–Crippen LogP) is 5.95. The minimum atomic E-state index is -0.442. The molecule has 1 aliphatic carbocycles. The molecule has 0 bridgehead atoms. The lowest BCUT2D eigenvalue weighted by atomic mass is 9.92. The SMILES string of the molecule is Cc1ccc(-n2nc(C(C)(C)C)cc2NC(=O)Nc2cnc(OC3CCN(C(=O)C4CC4)CC3)c(Cl)c2)cc1. The van der Waals surface area contributed by atoms with E-state index in [-0.39, 0.29) is 23.3 Å². The summed E-state index contributed by atoms with van der Waals surface area (Å²) in [5, 5.41) is 10.8. The van der Waals surface area contributed by atoms with Gasteiger partial charge in [0.15, 0.2) is 0 Å². The lowest BCUT2D eigenvalue weighted by Crippen LogP contribution is -2.42. The van der Waals surface area contributed by atoms with Gasteiger partial charge in [0.05, 0.1) is 23.3 Å². The number of carbonyl (C=O) groups is 2. The quantitative estimate of drug-likeness (QED) is 0.395. The summed E-state index contributed by atoms with van der Waals surface area (Å²) in [6, 6.07) is 11.0. The summed E-state index contributed by atoms with van der Waals surface area (Å²) in [5.74, 6) is 1.38. The molecule has 3 heterocycles. The molecule has 0 spiro atoms. The van der Waals surface area contributed by atoms with Crippen LogP contribution in [0.4, 0.5) is 16.3 Å². The summed E-state index contributed by atoms with van der Waals surface area (Å²) in [6.45, 7) is 9.63. The van der Waals surface area contributed by atoms with Crippen molar-refractivity contribution >= 4 is 35.0 Å². The number of aromatic nitrogens is 3. The van der Waals surface area contributed by atoms with Gasteiger partial charge in [-0.1, -0.05) is 50.1 Å². The number of hydrogen-bond acceptors (Lipinski definition) is 5. The maximum Gasteiger partial charge on any atom is 0.324 e. The Balaban J connectivity index is 1.21. The average Bonchev–Trinajstić information content (AvgIpc) is 3.65. The van der Waals surface area contributed by atoms with Crippen molar-refractivity contribution in [2.75, 3.05) is 23.7 Å². The van der Waals surface area contributed by atoms with Gasteiger partial charge in [-0.2, -0.15) is 5.10 Å². The molecule has 0 unspecified atom stereocenters. The fraction of sp³-hybridized carbons (Fsp3) is 0.448. The molecule has 5 rings (SSSR count). The smallest absolute Gasteiger partial charge is 0.324 e. The summed E-state index contributed by atoms with van der Waals surface area (Å²) >= 11 is 6.45. The number of carbonyl (C=O) groups excluding carboxylic acids is 2. The number of halogens is 1. The Kier molecular flexibility index (Phi) is 7.53. The first-order chi connectivity index (χ1) is 18.6. The van der Waals surface area contributed by atoms with Gasteiger partial charge in [-0.3, -0.25) is 10.1 Å². The minimum Gasteiger partial charge on any atom is -0.473 e. The van der Waals surface area contributed by atoms with Gasteiger partial charge >= 0.3 is 6.03 Å². The number of amides is 3. The summed E-state index contributed by atoms with van der Waals surface area (Å²) in [5.41, 5.74) is 3.08. The number of pyridine rings is 1. The highest BCUT2D eigenvalue weighted by molar-refractivity contribution is 6.32. The summed E-state index contributed by atoms with van der Waals surface area (Å²) < 4.78 is 7.76. The largest absolute Gasteiger partial charge is 0.473 e. The van der Waals surface area contributed by atoms with Crippen LogP contribution < -0.4 is 15.4 Å². The van der Waals surface area contributed by atoms with Gasteiger partial charge in [0.2, 0.25) is 11.8 Å². The molecule has 39 heavy (non-hydrogen) atoms. The number of ether oxygens (including phenoxy) is 1. The fourth-order valence-electron chi connectivity index (χ4n) is 4.52. The number of nitrogens with zero attached hydrogens (tertiary/aromatic N) is 4. The zero-order valence-electron chi connectivity index (χ0n) is 22.8. The van der Waals surface area contributed by atoms with Crippen molar-refractivity contribution in [3.8, 4) is 11.6 Å². The predicted molar refractivity (Wildman–Crippen MR) is 152 cm³/mol. The highest BCUT2D eigenvalue weighted by Crippen LogP contribution is 2.33. The molecule has 9 nitrogen and oxygen atoms in total. The third kappa shape index (κ3) is 6.53. The fourth-order valence-corrected chi connectivity index (χ4v) is 4.73. The molecule has 1 saturated carbocycles. The van der Waals surface area contributed by atoms with Crippen LogP contribution in [0.2, 0.25) is 5.02 Å². The second-order valence-electron chi connectivity index (χ2n) is 11.4. The molecule has 2 aromatic heterocycles. The molecule has 3 amide bonds. The Hall–Kier alpha value is -3.59. The number of nitrogens with one attached hydrogen (secondary N) is 2. The topological polar surface area (TPSA) is 101 Å². The number of likely N-dealkylation sites (tertiary alicyclic amines) is 1. The second kappa shape index (κ2) is 10.9. The third-order valence-corrected chi connectivity index (χ3v) is 7.29. The molecule has 1 saturated heterocycles. The van der Waals surface area contributed by atoms with Crippen molar-refractivity contribution < 1.29 is 14.3 Å². The van der Waals surface area contributed by atoms with Crippen LogP contribution in [0.15, 0.2) is 42.6 Å². The average molecular weight is 551 g/mol. The lowest BCUT2D eigenvalue weighted by molar-refractivity contribution is -0.134. The van der Waals surface area contributed by atoms with Crippen LogP contribution in [0.1, 0.15) is 57.7 Å². The summed E-state index contributed by atoms with van der Waals surface area (Å²) in [6.07, 6.45) is 4.97. The molecule has 0 radical (unpaired) electrons. The van der Waals surface area contributed by atoms with Crippen LogP contribution in [0.5, 0.6) is 5.88 Å². The van der Waals surface area contributed by atoms with Crippen LogP contribution in [-0.4, -0.2) is 50.8 Å². The molecule has 2 aliphatic rings. The first-order valence-corrected chi connectivity index (χ1v) is 13.8. The number of hydrogen-bond donors (Lipinski definition) is 2. The molecule has 206 valence electrons. The van der Waals surface area contributed by atoms with E-state index in [1.165, 1.54) is 6.20 Å². The van der Waals surface area contributed by atoms with Crippen molar-refractivity contribution in [2.24, 2.45) is 5.92 Å². The Morgan fingerprint density at radius 3 is 2.33 bits per heavy atom. The first-order valence-electron chi connectivity index (χ1n) is 13.4. The summed E-state index contributed by atoms with van der Waals surface area (Å²) in [4.78, 5) is 31.5. The van der Waals surface area contributed by atoms with Crippen molar-refractivity contribution in [1.29, 1.82) is 0 Å². The number of piperidine rings is 1. The Labute approximate surface area is 233 Å². The first kappa shape index (κ1) is 27.0. The normalized spacial score (nSPS) is 16.2. The van der Waals surface area contributed by atoms with Crippen molar-refractivity contribution in [3.05, 3.63) is 58.9 Å². The second-order valence-corrected chi connectivity index (χ2v) is 11.8. The van der Waals surface area contributed by atoms with E-state index in [0.29, 0.717) is 35.5 Å². The third-order valence-electron chi connectivity index (χ3n) is 7.02. The van der Waals surface area contributed by atoms with E-state index in [1.54, 1.807) is 10.7 Å². The maximum absolute atomic E-state index is 12.9. The number of aryl methyl sites for hydroxylation is 1. The van der Waals surface area contributed by atoms with E-state index in [2.05, 4.69) is 36.4 Å². The molecular formula is C29H35ClN6O3. The van der Waals surface area contributed by atoms with Crippen LogP contribution in [0.25, 0.3) is 5.69 Å². The van der Waals surface area contributed by atoms with Gasteiger partial charge in [-0.15, -0.1) is 0 Å². The standard InChI is InChI=1S/C29H35ClN6O3/c1-18-5-9-21(10-6-18)36-25(16-24(34-36)29(2,3)4)33-28(38)32-20-15-23(30)26(31-17-20)39-22-11-13-35(14-12-22)27(37)19-7-8-19/h5-6,9-10,15-17,19,22H,7-8,11-14H2,1-4H3,(H2,32,33,38). The number of urea groups is 1. The van der Waals surface area contributed by atoms with Crippen molar-refractivity contribution in [3.63, 3.8) is 0 Å². The van der Waals surface area contributed by atoms with Crippen molar-refractivity contribution in [2.45, 2.75) is 64.9 Å². The zero-order valence-corrected chi connectivity index (χ0v) is 23.6. The number of rotatable bonds is 6. The molecule has 2 N–H and O–H groups in total. The Morgan fingerprint density at radius 2 is 1.72 bits per heavy atom. The number of anilines is 2. The van der Waals surface area contributed by atoms with E-state index in [0.717, 1.165) is 42.6 Å². The Morgan fingerprint density at radius 1 is 1.03 bits per heavy atom. The van der Waals surface area contributed by atoms with E-state index in [9.17, 15) is 9.59 Å². The molecule has 3 aromatic rings. The highest BCUT2D eigenvalue weighted by atomic mass is 35.5. The monoisotopic (exact) mass is 550 g/mol. The molecule has 0 atom stereocenters. The maximum atomic E-state index is 12.9. The van der Waals surface area contributed by atoms with Gasteiger partial charge < -0.3 is 15.0 Å². The van der Waals surface area contributed by atoms with Crippen LogP contribution in [-0.2, 0) is 10.2 Å². The minimum absolute atomic E-state index is 0.0561. The van der Waals surface area contributed by atoms with Gasteiger partial charge in [-0.05, 0) is 38.0 Å². The molecular weight excluding hydrogens is 516 g/mol. The highest BCUT2D eigenvalue weighted by Gasteiger charge is 2.35. The van der Waals surface area contributed by atoms with Gasteiger partial charge in [0, 0.05) is 43.3 Å².